The van der Waals surface area contributed by atoms with Gasteiger partial charge in [-0.25, -0.2) is 0 Å². The topological polar surface area (TPSA) is 38.0 Å². The van der Waals surface area contributed by atoms with E-state index in [4.69, 9.17) is 5.73 Å². The van der Waals surface area contributed by atoms with E-state index < -0.39 is 0 Å². The molecular weight excluding hydrogens is 172 g/mol. The molecule has 2 nitrogen and oxygen atoms in total. The number of fused-ring (bicyclic) bond motifs is 1. The Hall–Kier alpha value is -0.0800. The summed E-state index contributed by atoms with van der Waals surface area (Å²) in [5.74, 6) is 2.34. The summed E-state index contributed by atoms with van der Waals surface area (Å²) in [5.41, 5.74) is 6.25. The van der Waals surface area contributed by atoms with Crippen LogP contribution in [0, 0.1) is 17.8 Å². The van der Waals surface area contributed by atoms with E-state index in [-0.39, 0.29) is 0 Å². The van der Waals surface area contributed by atoms with E-state index in [1.165, 1.54) is 32.2 Å². The van der Waals surface area contributed by atoms with E-state index in [2.05, 4.69) is 19.2 Å². The SMILES string of the molecule is CC(C)C1C(N)CCC2CCCNC21. The predicted octanol–water partition coefficient (Wildman–Crippen LogP) is 1.75. The summed E-state index contributed by atoms with van der Waals surface area (Å²) in [6.07, 6.45) is 5.38. The molecule has 1 aliphatic heterocycles. The smallest absolute Gasteiger partial charge is 0.0141 e. The first-order valence-corrected chi connectivity index (χ1v) is 6.19. The number of nitrogens with one attached hydrogen (secondary N) is 1. The number of rotatable bonds is 1. The quantitative estimate of drug-likeness (QED) is 0.670. The van der Waals surface area contributed by atoms with Crippen molar-refractivity contribution in [3.63, 3.8) is 0 Å². The van der Waals surface area contributed by atoms with Crippen LogP contribution in [-0.4, -0.2) is 18.6 Å². The van der Waals surface area contributed by atoms with Gasteiger partial charge in [-0.15, -0.1) is 0 Å². The molecule has 1 heterocycles. The Morgan fingerprint density at radius 2 is 2.00 bits per heavy atom. The molecule has 2 fully saturated rings. The van der Waals surface area contributed by atoms with Gasteiger partial charge in [0.2, 0.25) is 0 Å². The second-order valence-electron chi connectivity index (χ2n) is 5.44. The molecule has 0 amide bonds. The Kier molecular flexibility index (Phi) is 3.13. The second kappa shape index (κ2) is 4.19. The summed E-state index contributed by atoms with van der Waals surface area (Å²) >= 11 is 0. The Labute approximate surface area is 87.6 Å². The fraction of sp³-hybridized carbons (Fsp3) is 1.00. The first-order valence-electron chi connectivity index (χ1n) is 6.19. The van der Waals surface area contributed by atoms with Gasteiger partial charge in [0.15, 0.2) is 0 Å². The fourth-order valence-electron chi connectivity index (χ4n) is 3.53. The summed E-state index contributed by atoms with van der Waals surface area (Å²) in [5, 5.41) is 3.70. The van der Waals surface area contributed by atoms with Crippen LogP contribution in [0.2, 0.25) is 0 Å². The van der Waals surface area contributed by atoms with Crippen molar-refractivity contribution in [2.75, 3.05) is 6.54 Å². The molecule has 2 heteroatoms. The monoisotopic (exact) mass is 196 g/mol. The average Bonchev–Trinajstić information content (AvgIpc) is 2.17. The summed E-state index contributed by atoms with van der Waals surface area (Å²) < 4.78 is 0. The average molecular weight is 196 g/mol. The molecule has 0 bridgehead atoms. The molecule has 82 valence electrons. The summed E-state index contributed by atoms with van der Waals surface area (Å²) in [4.78, 5) is 0. The zero-order valence-corrected chi connectivity index (χ0v) is 9.50. The number of hydrogen-bond donors (Lipinski definition) is 2. The lowest BCUT2D eigenvalue weighted by atomic mass is 9.67. The lowest BCUT2D eigenvalue weighted by Crippen LogP contribution is -2.56. The largest absolute Gasteiger partial charge is 0.327 e. The Morgan fingerprint density at radius 3 is 2.71 bits per heavy atom. The molecule has 1 saturated heterocycles. The van der Waals surface area contributed by atoms with Gasteiger partial charge in [0, 0.05) is 12.1 Å². The molecule has 4 atom stereocenters. The zero-order valence-electron chi connectivity index (χ0n) is 9.50. The van der Waals surface area contributed by atoms with Crippen molar-refractivity contribution in [3.05, 3.63) is 0 Å². The minimum Gasteiger partial charge on any atom is -0.327 e. The van der Waals surface area contributed by atoms with Crippen molar-refractivity contribution in [2.45, 2.75) is 51.6 Å². The molecule has 0 aromatic rings. The molecule has 0 spiro atoms. The van der Waals surface area contributed by atoms with Crippen molar-refractivity contribution in [2.24, 2.45) is 23.5 Å². The van der Waals surface area contributed by atoms with E-state index in [0.717, 1.165) is 11.8 Å². The van der Waals surface area contributed by atoms with Crippen molar-refractivity contribution < 1.29 is 0 Å². The highest BCUT2D eigenvalue weighted by Crippen LogP contribution is 2.37. The van der Waals surface area contributed by atoms with E-state index >= 15 is 0 Å². The highest BCUT2D eigenvalue weighted by molar-refractivity contribution is 4.96. The van der Waals surface area contributed by atoms with Gasteiger partial charge in [0.1, 0.15) is 0 Å². The van der Waals surface area contributed by atoms with Crippen LogP contribution in [0.4, 0.5) is 0 Å². The van der Waals surface area contributed by atoms with Crippen molar-refractivity contribution in [1.82, 2.24) is 5.32 Å². The third-order valence-corrected chi connectivity index (χ3v) is 4.19. The molecule has 1 aliphatic carbocycles. The Morgan fingerprint density at radius 1 is 1.21 bits per heavy atom. The first-order chi connectivity index (χ1) is 6.70. The van der Waals surface area contributed by atoms with Gasteiger partial charge in [-0.1, -0.05) is 13.8 Å². The molecule has 2 aliphatic rings. The van der Waals surface area contributed by atoms with Gasteiger partial charge in [-0.05, 0) is 50.0 Å². The normalized spacial score (nSPS) is 43.7. The van der Waals surface area contributed by atoms with Gasteiger partial charge in [0.25, 0.3) is 0 Å². The maximum absolute atomic E-state index is 6.25. The van der Waals surface area contributed by atoms with Crippen LogP contribution in [0.3, 0.4) is 0 Å². The first kappa shape index (κ1) is 10.4. The Balaban J connectivity index is 2.09. The fourth-order valence-corrected chi connectivity index (χ4v) is 3.53. The number of hydrogen-bond acceptors (Lipinski definition) is 2. The molecule has 4 unspecified atom stereocenters. The highest BCUT2D eigenvalue weighted by Gasteiger charge is 2.39. The second-order valence-corrected chi connectivity index (χ2v) is 5.44. The van der Waals surface area contributed by atoms with Crippen LogP contribution in [0.5, 0.6) is 0 Å². The number of piperidine rings is 1. The molecule has 14 heavy (non-hydrogen) atoms. The molecule has 3 N–H and O–H groups in total. The van der Waals surface area contributed by atoms with E-state index in [1.807, 2.05) is 0 Å². The highest BCUT2D eigenvalue weighted by atomic mass is 15.0. The van der Waals surface area contributed by atoms with Gasteiger partial charge in [-0.2, -0.15) is 0 Å². The lowest BCUT2D eigenvalue weighted by molar-refractivity contribution is 0.0961. The Bertz CT molecular complexity index is 191. The van der Waals surface area contributed by atoms with Gasteiger partial charge >= 0.3 is 0 Å². The lowest BCUT2D eigenvalue weighted by Gasteiger charge is -2.46. The molecule has 0 aromatic heterocycles. The van der Waals surface area contributed by atoms with Crippen LogP contribution >= 0.6 is 0 Å². The molecule has 0 radical (unpaired) electrons. The van der Waals surface area contributed by atoms with Crippen molar-refractivity contribution in [3.8, 4) is 0 Å². The molecule has 2 rings (SSSR count). The van der Waals surface area contributed by atoms with E-state index in [1.54, 1.807) is 0 Å². The van der Waals surface area contributed by atoms with Crippen LogP contribution in [0.15, 0.2) is 0 Å². The van der Waals surface area contributed by atoms with Crippen LogP contribution < -0.4 is 11.1 Å². The minimum atomic E-state index is 0.432. The van der Waals surface area contributed by atoms with Gasteiger partial charge in [0.05, 0.1) is 0 Å². The van der Waals surface area contributed by atoms with Crippen molar-refractivity contribution >= 4 is 0 Å². The third-order valence-electron chi connectivity index (χ3n) is 4.19. The van der Waals surface area contributed by atoms with Gasteiger partial charge < -0.3 is 11.1 Å². The van der Waals surface area contributed by atoms with Gasteiger partial charge in [-0.3, -0.25) is 0 Å². The molecule has 1 saturated carbocycles. The van der Waals surface area contributed by atoms with E-state index in [0.29, 0.717) is 18.0 Å². The van der Waals surface area contributed by atoms with Crippen LogP contribution in [0.1, 0.15) is 39.5 Å². The van der Waals surface area contributed by atoms with Crippen LogP contribution in [0.25, 0.3) is 0 Å². The summed E-state index contributed by atoms with van der Waals surface area (Å²) in [6.45, 7) is 5.85. The van der Waals surface area contributed by atoms with E-state index in [9.17, 15) is 0 Å². The minimum absolute atomic E-state index is 0.432. The molecular formula is C12H24N2. The standard InChI is InChI=1S/C12H24N2/c1-8(2)11-10(13)6-5-9-4-3-7-14-12(9)11/h8-12,14H,3-7,13H2,1-2H3. The number of nitrogens with two attached hydrogens (primary N) is 1. The third kappa shape index (κ3) is 1.82. The van der Waals surface area contributed by atoms with Crippen LogP contribution in [-0.2, 0) is 0 Å². The zero-order chi connectivity index (χ0) is 10.1. The predicted molar refractivity (Wildman–Crippen MR) is 60.1 cm³/mol. The molecule has 0 aromatic carbocycles. The maximum Gasteiger partial charge on any atom is 0.0141 e. The van der Waals surface area contributed by atoms with Crippen molar-refractivity contribution in [1.29, 1.82) is 0 Å². The summed E-state index contributed by atoms with van der Waals surface area (Å²) in [7, 11) is 0. The maximum atomic E-state index is 6.25. The summed E-state index contributed by atoms with van der Waals surface area (Å²) in [6, 6.07) is 1.15.